The van der Waals surface area contributed by atoms with Crippen molar-refractivity contribution in [2.45, 2.75) is 45.1 Å². The number of amides is 1. The highest BCUT2D eigenvalue weighted by Gasteiger charge is 2.27. The molecule has 0 spiro atoms. The van der Waals surface area contributed by atoms with Crippen LogP contribution in [0.15, 0.2) is 58.2 Å². The summed E-state index contributed by atoms with van der Waals surface area (Å²) in [6.45, 7) is 7.72. The van der Waals surface area contributed by atoms with Gasteiger partial charge in [0.25, 0.3) is 0 Å². The van der Waals surface area contributed by atoms with E-state index in [4.69, 9.17) is 0 Å². The number of hydrogen-bond donors (Lipinski definition) is 3. The Morgan fingerprint density at radius 2 is 1.77 bits per heavy atom. The van der Waals surface area contributed by atoms with Gasteiger partial charge < -0.3 is 10.3 Å². The molecule has 1 unspecified atom stereocenters. The molecule has 1 heterocycles. The van der Waals surface area contributed by atoms with Crippen LogP contribution >= 0.6 is 0 Å². The Morgan fingerprint density at radius 1 is 1.03 bits per heavy atom. The molecule has 3 aromatic rings. The number of pyridine rings is 1. The van der Waals surface area contributed by atoms with Crippen molar-refractivity contribution in [1.29, 1.82) is 0 Å². The van der Waals surface area contributed by atoms with Crippen molar-refractivity contribution in [3.63, 3.8) is 0 Å². The topological polar surface area (TPSA) is 108 Å². The van der Waals surface area contributed by atoms with Crippen molar-refractivity contribution in [2.24, 2.45) is 5.92 Å². The zero-order valence-corrected chi connectivity index (χ0v) is 18.8. The smallest absolute Gasteiger partial charge is 0.248 e. The van der Waals surface area contributed by atoms with E-state index in [1.54, 1.807) is 12.1 Å². The lowest BCUT2D eigenvalue weighted by Crippen LogP contribution is -2.44. The fourth-order valence-electron chi connectivity index (χ4n) is 3.41. The quantitative estimate of drug-likeness (QED) is 0.522. The van der Waals surface area contributed by atoms with E-state index in [1.165, 1.54) is 18.2 Å². The van der Waals surface area contributed by atoms with Crippen molar-refractivity contribution in [3.8, 4) is 0 Å². The summed E-state index contributed by atoms with van der Waals surface area (Å²) < 4.78 is 28.6. The zero-order chi connectivity index (χ0) is 22.8. The van der Waals surface area contributed by atoms with Gasteiger partial charge in [-0.1, -0.05) is 31.5 Å². The van der Waals surface area contributed by atoms with Gasteiger partial charge in [0, 0.05) is 17.3 Å². The lowest BCUT2D eigenvalue weighted by Gasteiger charge is -2.21. The fraction of sp³-hybridized carbons (Fsp3) is 0.304. The number of rotatable bonds is 7. The number of nitrogens with one attached hydrogen (secondary N) is 3. The predicted octanol–water partition coefficient (Wildman–Crippen LogP) is 3.48. The molecule has 31 heavy (non-hydrogen) atoms. The second kappa shape index (κ2) is 9.03. The second-order valence-electron chi connectivity index (χ2n) is 8.18. The lowest BCUT2D eigenvalue weighted by molar-refractivity contribution is -0.118. The molecule has 8 heteroatoms. The number of hydrogen-bond acceptors (Lipinski definition) is 4. The third-order valence-electron chi connectivity index (χ3n) is 4.97. The summed E-state index contributed by atoms with van der Waals surface area (Å²) in [4.78, 5) is 27.1. The Labute approximate surface area is 181 Å². The van der Waals surface area contributed by atoms with Crippen molar-refractivity contribution in [2.75, 3.05) is 5.32 Å². The molecule has 1 aromatic heterocycles. The monoisotopic (exact) mass is 441 g/mol. The SMILES string of the molecule is Cc1ccc(NC(=O)C(CC(C)C)NS(=O)(=O)c2ccc3[nH]c(=O)ccc3c2)c(C)c1. The first-order valence-corrected chi connectivity index (χ1v) is 11.6. The Kier molecular flexibility index (Phi) is 6.62. The lowest BCUT2D eigenvalue weighted by atomic mass is 10.0. The minimum Gasteiger partial charge on any atom is -0.324 e. The molecular formula is C23H27N3O4S. The Balaban J connectivity index is 1.87. The summed E-state index contributed by atoms with van der Waals surface area (Å²) >= 11 is 0. The maximum Gasteiger partial charge on any atom is 0.248 e. The van der Waals surface area contributed by atoms with Gasteiger partial charge in [-0.2, -0.15) is 4.72 Å². The normalized spacial score (nSPS) is 12.8. The first-order valence-electron chi connectivity index (χ1n) is 10.1. The molecule has 3 rings (SSSR count). The van der Waals surface area contributed by atoms with E-state index in [1.807, 2.05) is 45.9 Å². The number of aromatic amines is 1. The van der Waals surface area contributed by atoms with Gasteiger partial charge in [0.15, 0.2) is 0 Å². The highest BCUT2D eigenvalue weighted by Crippen LogP contribution is 2.20. The van der Waals surface area contributed by atoms with Gasteiger partial charge in [0.2, 0.25) is 21.5 Å². The van der Waals surface area contributed by atoms with E-state index >= 15 is 0 Å². The van der Waals surface area contributed by atoms with Crippen molar-refractivity contribution in [1.82, 2.24) is 9.71 Å². The zero-order valence-electron chi connectivity index (χ0n) is 18.0. The van der Waals surface area contributed by atoms with E-state index in [2.05, 4.69) is 15.0 Å². The molecule has 3 N–H and O–H groups in total. The largest absolute Gasteiger partial charge is 0.324 e. The van der Waals surface area contributed by atoms with E-state index in [9.17, 15) is 18.0 Å². The van der Waals surface area contributed by atoms with Crippen LogP contribution in [-0.4, -0.2) is 25.4 Å². The summed E-state index contributed by atoms with van der Waals surface area (Å²) in [6.07, 6.45) is 0.344. The third-order valence-corrected chi connectivity index (χ3v) is 6.44. The molecular weight excluding hydrogens is 414 g/mol. The number of aromatic nitrogens is 1. The van der Waals surface area contributed by atoms with Crippen LogP contribution in [0.3, 0.4) is 0 Å². The molecule has 1 atom stereocenters. The summed E-state index contributed by atoms with van der Waals surface area (Å²) in [5, 5.41) is 3.43. The fourth-order valence-corrected chi connectivity index (χ4v) is 4.65. The third kappa shape index (κ3) is 5.59. The molecule has 0 aliphatic rings. The number of aryl methyl sites for hydroxylation is 2. The van der Waals surface area contributed by atoms with Crippen LogP contribution in [0.1, 0.15) is 31.4 Å². The number of carbonyl (C=O) groups excluding carboxylic acids is 1. The maximum absolute atomic E-state index is 13.0. The van der Waals surface area contributed by atoms with Crippen LogP contribution in [0.25, 0.3) is 10.9 Å². The van der Waals surface area contributed by atoms with Gasteiger partial charge in [-0.3, -0.25) is 9.59 Å². The molecule has 0 aliphatic carbocycles. The van der Waals surface area contributed by atoms with Crippen LogP contribution < -0.4 is 15.6 Å². The average molecular weight is 442 g/mol. The summed E-state index contributed by atoms with van der Waals surface area (Å²) in [7, 11) is -3.96. The Morgan fingerprint density at radius 3 is 2.45 bits per heavy atom. The van der Waals surface area contributed by atoms with Crippen molar-refractivity contribution < 1.29 is 13.2 Å². The summed E-state index contributed by atoms with van der Waals surface area (Å²) in [6, 6.07) is 12.1. The molecule has 0 bridgehead atoms. The number of sulfonamides is 1. The molecule has 0 saturated heterocycles. The molecule has 0 fully saturated rings. The van der Waals surface area contributed by atoms with E-state index in [0.29, 0.717) is 23.0 Å². The number of anilines is 1. The number of H-pyrrole nitrogens is 1. The van der Waals surface area contributed by atoms with Crippen LogP contribution in [0.2, 0.25) is 0 Å². The molecule has 7 nitrogen and oxygen atoms in total. The van der Waals surface area contributed by atoms with E-state index < -0.39 is 22.0 Å². The molecule has 1 amide bonds. The number of fused-ring (bicyclic) bond motifs is 1. The van der Waals surface area contributed by atoms with Gasteiger partial charge in [-0.15, -0.1) is 0 Å². The van der Waals surface area contributed by atoms with Crippen molar-refractivity contribution >= 4 is 32.5 Å². The number of carbonyl (C=O) groups is 1. The molecule has 0 aliphatic heterocycles. The predicted molar refractivity (Wildman–Crippen MR) is 123 cm³/mol. The minimum absolute atomic E-state index is 0.0279. The van der Waals surface area contributed by atoms with Crippen LogP contribution in [0.4, 0.5) is 5.69 Å². The van der Waals surface area contributed by atoms with Gasteiger partial charge in [-0.25, -0.2) is 8.42 Å². The molecule has 164 valence electrons. The van der Waals surface area contributed by atoms with Crippen LogP contribution in [0.5, 0.6) is 0 Å². The standard InChI is InChI=1S/C23H27N3O4S/c1-14(2)11-21(23(28)25-19-8-5-15(3)12-16(19)4)26-31(29,30)18-7-9-20-17(13-18)6-10-22(27)24-20/h5-10,12-14,21,26H,11H2,1-4H3,(H,24,27)(H,25,28). The van der Waals surface area contributed by atoms with Gasteiger partial charge >= 0.3 is 0 Å². The van der Waals surface area contributed by atoms with E-state index in [-0.39, 0.29) is 16.4 Å². The first-order chi connectivity index (χ1) is 14.5. The Hall–Kier alpha value is -2.97. The summed E-state index contributed by atoms with van der Waals surface area (Å²) in [5.74, 6) is -0.311. The van der Waals surface area contributed by atoms with E-state index in [0.717, 1.165) is 11.1 Å². The average Bonchev–Trinajstić information content (AvgIpc) is 2.68. The number of benzene rings is 2. The molecule has 0 radical (unpaired) electrons. The first kappa shape index (κ1) is 22.7. The molecule has 0 saturated carbocycles. The minimum atomic E-state index is -3.96. The van der Waals surface area contributed by atoms with Crippen LogP contribution in [-0.2, 0) is 14.8 Å². The highest BCUT2D eigenvalue weighted by atomic mass is 32.2. The van der Waals surface area contributed by atoms with Crippen molar-refractivity contribution in [3.05, 3.63) is 70.0 Å². The van der Waals surface area contributed by atoms with Gasteiger partial charge in [0.1, 0.15) is 6.04 Å². The van der Waals surface area contributed by atoms with Gasteiger partial charge in [-0.05, 0) is 67.5 Å². The van der Waals surface area contributed by atoms with Gasteiger partial charge in [0.05, 0.1) is 4.90 Å². The Bertz CT molecular complexity index is 1280. The molecule has 2 aromatic carbocycles. The highest BCUT2D eigenvalue weighted by molar-refractivity contribution is 7.89. The second-order valence-corrected chi connectivity index (χ2v) is 9.90. The maximum atomic E-state index is 13.0. The summed E-state index contributed by atoms with van der Waals surface area (Å²) in [5.41, 5.74) is 2.91. The van der Waals surface area contributed by atoms with Crippen LogP contribution in [0, 0.1) is 19.8 Å².